The highest BCUT2D eigenvalue weighted by atomic mass is 16.5. The third-order valence-corrected chi connectivity index (χ3v) is 3.64. The molecule has 22 heavy (non-hydrogen) atoms. The molecule has 0 aliphatic carbocycles. The number of ether oxygens (including phenoxy) is 2. The molecule has 0 spiro atoms. The molecule has 0 aliphatic heterocycles. The summed E-state index contributed by atoms with van der Waals surface area (Å²) in [5, 5.41) is 0. The van der Waals surface area contributed by atoms with Crippen LogP contribution in [0.15, 0.2) is 48.5 Å². The smallest absolute Gasteiger partial charge is 0.127 e. The van der Waals surface area contributed by atoms with Crippen LogP contribution < -0.4 is 4.74 Å². The van der Waals surface area contributed by atoms with Crippen molar-refractivity contribution >= 4 is 0 Å². The van der Waals surface area contributed by atoms with Gasteiger partial charge < -0.3 is 9.47 Å². The maximum absolute atomic E-state index is 6.04. The van der Waals surface area contributed by atoms with Crippen LogP contribution in [-0.4, -0.2) is 12.2 Å². The highest BCUT2D eigenvalue weighted by Crippen LogP contribution is 2.23. The third kappa shape index (κ3) is 4.88. The van der Waals surface area contributed by atoms with Crippen molar-refractivity contribution in [3.05, 3.63) is 65.2 Å². The third-order valence-electron chi connectivity index (χ3n) is 3.64. The zero-order valence-corrected chi connectivity index (χ0v) is 14.2. The molecule has 0 heterocycles. The van der Waals surface area contributed by atoms with Gasteiger partial charge in [-0.2, -0.15) is 0 Å². The summed E-state index contributed by atoms with van der Waals surface area (Å²) in [5.74, 6) is 0.877. The van der Waals surface area contributed by atoms with E-state index in [1.807, 2.05) is 12.1 Å². The fourth-order valence-corrected chi connectivity index (χ4v) is 2.21. The van der Waals surface area contributed by atoms with Crippen molar-refractivity contribution in [3.63, 3.8) is 0 Å². The molecule has 0 fully saturated rings. The van der Waals surface area contributed by atoms with Crippen molar-refractivity contribution in [1.29, 1.82) is 0 Å². The molecular formula is C20H26O2. The fourth-order valence-electron chi connectivity index (χ4n) is 2.21. The van der Waals surface area contributed by atoms with Crippen molar-refractivity contribution in [2.75, 3.05) is 6.61 Å². The van der Waals surface area contributed by atoms with Gasteiger partial charge in [-0.05, 0) is 52.3 Å². The summed E-state index contributed by atoms with van der Waals surface area (Å²) in [6.07, 6.45) is 0.0569. The van der Waals surface area contributed by atoms with E-state index in [-0.39, 0.29) is 11.7 Å². The molecule has 118 valence electrons. The Morgan fingerprint density at radius 3 is 1.91 bits per heavy atom. The summed E-state index contributed by atoms with van der Waals surface area (Å²) in [4.78, 5) is 0. The maximum atomic E-state index is 6.04. The van der Waals surface area contributed by atoms with Gasteiger partial charge in [0.25, 0.3) is 0 Å². The van der Waals surface area contributed by atoms with Crippen molar-refractivity contribution < 1.29 is 9.47 Å². The summed E-state index contributed by atoms with van der Waals surface area (Å²) in [7, 11) is 0. The first kappa shape index (κ1) is 16.6. The van der Waals surface area contributed by atoms with Crippen LogP contribution in [0.4, 0.5) is 0 Å². The Morgan fingerprint density at radius 2 is 1.36 bits per heavy atom. The van der Waals surface area contributed by atoms with Gasteiger partial charge in [-0.1, -0.05) is 47.5 Å². The van der Waals surface area contributed by atoms with E-state index in [0.29, 0.717) is 6.61 Å². The monoisotopic (exact) mass is 298 g/mol. The van der Waals surface area contributed by atoms with E-state index in [1.165, 1.54) is 16.7 Å². The van der Waals surface area contributed by atoms with Gasteiger partial charge in [0.1, 0.15) is 11.4 Å². The number of hydrogen-bond acceptors (Lipinski definition) is 2. The molecule has 0 bridgehead atoms. The predicted octanol–water partition coefficient (Wildman–Crippen LogP) is 5.24. The van der Waals surface area contributed by atoms with Crippen molar-refractivity contribution in [1.82, 2.24) is 0 Å². The molecule has 0 amide bonds. The lowest BCUT2D eigenvalue weighted by molar-refractivity contribution is -0.0346. The topological polar surface area (TPSA) is 18.5 Å². The molecule has 0 aliphatic rings. The molecule has 2 aromatic rings. The largest absolute Gasteiger partial charge is 0.485 e. The maximum Gasteiger partial charge on any atom is 0.127 e. The summed E-state index contributed by atoms with van der Waals surface area (Å²) >= 11 is 0. The van der Waals surface area contributed by atoms with Gasteiger partial charge in [0.05, 0.1) is 12.7 Å². The van der Waals surface area contributed by atoms with Gasteiger partial charge in [-0.25, -0.2) is 0 Å². The molecule has 0 N–H and O–H groups in total. The molecule has 0 saturated heterocycles. The van der Waals surface area contributed by atoms with E-state index in [0.717, 1.165) is 5.75 Å². The summed E-state index contributed by atoms with van der Waals surface area (Å²) in [6.45, 7) is 10.9. The fraction of sp³-hybridized carbons (Fsp3) is 0.400. The SMILES string of the molecule is Cc1ccc(OC(C)(C)COC(C)c2ccc(C)cc2)cc1. The minimum Gasteiger partial charge on any atom is -0.485 e. The van der Waals surface area contributed by atoms with E-state index in [1.54, 1.807) is 0 Å². The first-order valence-electron chi connectivity index (χ1n) is 7.79. The lowest BCUT2D eigenvalue weighted by Gasteiger charge is -2.28. The molecule has 1 atom stereocenters. The minimum absolute atomic E-state index is 0.0569. The zero-order chi connectivity index (χ0) is 16.2. The van der Waals surface area contributed by atoms with E-state index in [9.17, 15) is 0 Å². The van der Waals surface area contributed by atoms with Gasteiger partial charge in [0.15, 0.2) is 0 Å². The average molecular weight is 298 g/mol. The normalized spacial score (nSPS) is 13.0. The van der Waals surface area contributed by atoms with E-state index >= 15 is 0 Å². The highest BCUT2D eigenvalue weighted by Gasteiger charge is 2.22. The van der Waals surface area contributed by atoms with Gasteiger partial charge in [-0.15, -0.1) is 0 Å². The molecule has 0 saturated carbocycles. The Morgan fingerprint density at radius 1 is 0.864 bits per heavy atom. The van der Waals surface area contributed by atoms with Gasteiger partial charge in [0.2, 0.25) is 0 Å². The van der Waals surface area contributed by atoms with E-state index < -0.39 is 0 Å². The first-order chi connectivity index (χ1) is 10.4. The van der Waals surface area contributed by atoms with Crippen molar-refractivity contribution in [3.8, 4) is 5.75 Å². The summed E-state index contributed by atoms with van der Waals surface area (Å²) in [5.41, 5.74) is 3.32. The number of aryl methyl sites for hydroxylation is 2. The quantitative estimate of drug-likeness (QED) is 0.726. The number of rotatable bonds is 6. The second-order valence-electron chi connectivity index (χ2n) is 6.54. The van der Waals surface area contributed by atoms with Crippen molar-refractivity contribution in [2.45, 2.75) is 46.3 Å². The standard InChI is InChI=1S/C20H26O2/c1-15-6-10-18(11-7-15)17(3)21-14-20(4,5)22-19-12-8-16(2)9-13-19/h6-13,17H,14H2,1-5H3. The van der Waals surface area contributed by atoms with Crippen LogP contribution in [0, 0.1) is 13.8 Å². The Kier molecular flexibility index (Phi) is 5.25. The van der Waals surface area contributed by atoms with Crippen LogP contribution in [-0.2, 0) is 4.74 Å². The van der Waals surface area contributed by atoms with Crippen LogP contribution in [0.1, 0.15) is 43.6 Å². The molecule has 2 rings (SSSR count). The first-order valence-corrected chi connectivity index (χ1v) is 7.79. The molecule has 0 aromatic heterocycles. The molecule has 2 nitrogen and oxygen atoms in total. The Labute approximate surface area is 134 Å². The van der Waals surface area contributed by atoms with Crippen LogP contribution in [0.3, 0.4) is 0 Å². The van der Waals surface area contributed by atoms with Gasteiger partial charge >= 0.3 is 0 Å². The van der Waals surface area contributed by atoms with Crippen LogP contribution in [0.25, 0.3) is 0 Å². The van der Waals surface area contributed by atoms with Crippen molar-refractivity contribution in [2.24, 2.45) is 0 Å². The van der Waals surface area contributed by atoms with E-state index in [2.05, 4.69) is 71.0 Å². The summed E-state index contributed by atoms with van der Waals surface area (Å²) < 4.78 is 12.0. The molecule has 2 heteroatoms. The Bertz CT molecular complexity index is 582. The van der Waals surface area contributed by atoms with Crippen LogP contribution in [0.2, 0.25) is 0 Å². The van der Waals surface area contributed by atoms with Gasteiger partial charge in [0, 0.05) is 0 Å². The van der Waals surface area contributed by atoms with E-state index in [4.69, 9.17) is 9.47 Å². The van der Waals surface area contributed by atoms with Crippen LogP contribution >= 0.6 is 0 Å². The Hall–Kier alpha value is -1.80. The molecule has 2 aromatic carbocycles. The second-order valence-corrected chi connectivity index (χ2v) is 6.54. The number of hydrogen-bond donors (Lipinski definition) is 0. The average Bonchev–Trinajstić information content (AvgIpc) is 2.48. The predicted molar refractivity (Wildman–Crippen MR) is 91.4 cm³/mol. The number of benzene rings is 2. The summed E-state index contributed by atoms with van der Waals surface area (Å²) in [6, 6.07) is 16.6. The molecule has 1 unspecified atom stereocenters. The zero-order valence-electron chi connectivity index (χ0n) is 14.2. The lowest BCUT2D eigenvalue weighted by Crippen LogP contribution is -2.34. The highest BCUT2D eigenvalue weighted by molar-refractivity contribution is 5.27. The van der Waals surface area contributed by atoms with Gasteiger partial charge in [-0.3, -0.25) is 0 Å². The lowest BCUT2D eigenvalue weighted by atomic mass is 10.1. The second kappa shape index (κ2) is 6.97. The molecular weight excluding hydrogens is 272 g/mol. The molecule has 0 radical (unpaired) electrons. The van der Waals surface area contributed by atoms with Crippen LogP contribution in [0.5, 0.6) is 5.75 Å². The minimum atomic E-state index is -0.367. The Balaban J connectivity index is 1.91.